The van der Waals surface area contributed by atoms with Gasteiger partial charge in [-0.25, -0.2) is 8.98 Å². The van der Waals surface area contributed by atoms with Crippen molar-refractivity contribution in [1.82, 2.24) is 0 Å². The molecule has 0 rings (SSSR count). The molecule has 6 nitrogen and oxygen atoms in total. The minimum absolute atomic E-state index is 0.0405. The van der Waals surface area contributed by atoms with Crippen molar-refractivity contribution in [2.75, 3.05) is 6.61 Å². The summed E-state index contributed by atoms with van der Waals surface area (Å²) < 4.78 is 31.3. The van der Waals surface area contributed by atoms with E-state index >= 15 is 0 Å². The van der Waals surface area contributed by atoms with Crippen LogP contribution in [0.3, 0.4) is 0 Å². The van der Waals surface area contributed by atoms with Crippen molar-refractivity contribution >= 4 is 16.4 Å². The third-order valence-corrected chi connectivity index (χ3v) is 1.08. The summed E-state index contributed by atoms with van der Waals surface area (Å²) in [7, 11) is -4.19. The summed E-state index contributed by atoms with van der Waals surface area (Å²) in [5, 5.41) is 7.60. The number of carboxylic acid groups (broad SMARTS) is 1. The number of hydrogen-bond acceptors (Lipinski definition) is 4. The van der Waals surface area contributed by atoms with Gasteiger partial charge in [-0.1, -0.05) is 13.5 Å². The van der Waals surface area contributed by atoms with Crippen LogP contribution in [0.1, 0.15) is 13.3 Å². The molecule has 0 radical (unpaired) electrons. The smallest absolute Gasteiger partial charge is 0.397 e. The van der Waals surface area contributed by atoms with Gasteiger partial charge in [0.15, 0.2) is 0 Å². The summed E-state index contributed by atoms with van der Waals surface area (Å²) in [5.41, 5.74) is 0. The van der Waals surface area contributed by atoms with Gasteiger partial charge >= 0.3 is 16.4 Å². The lowest BCUT2D eigenvalue weighted by molar-refractivity contribution is -0.131. The summed E-state index contributed by atoms with van der Waals surface area (Å²) in [6, 6.07) is 0. The Morgan fingerprint density at radius 1 is 1.62 bits per heavy atom. The Hall–Kier alpha value is -0.920. The quantitative estimate of drug-likeness (QED) is 0.519. The number of carboxylic acids is 1. The minimum atomic E-state index is -4.19. The molecule has 0 bridgehead atoms. The van der Waals surface area contributed by atoms with E-state index in [0.29, 0.717) is 6.42 Å². The average molecular weight is 212 g/mol. The van der Waals surface area contributed by atoms with Crippen LogP contribution in [0, 0.1) is 0 Å². The van der Waals surface area contributed by atoms with Gasteiger partial charge in [0.2, 0.25) is 0 Å². The first-order valence-corrected chi connectivity index (χ1v) is 4.67. The molecular weight excluding hydrogens is 200 g/mol. The third kappa shape index (κ3) is 24.7. The fourth-order valence-corrected chi connectivity index (χ4v) is 0.566. The zero-order valence-corrected chi connectivity index (χ0v) is 7.95. The van der Waals surface area contributed by atoms with Crippen LogP contribution in [-0.4, -0.2) is 30.7 Å². The Kier molecular flexibility index (Phi) is 8.66. The molecule has 0 aliphatic carbocycles. The van der Waals surface area contributed by atoms with Gasteiger partial charge in [-0.3, -0.25) is 4.55 Å². The van der Waals surface area contributed by atoms with E-state index in [0.717, 1.165) is 6.08 Å². The van der Waals surface area contributed by atoms with Crippen LogP contribution in [-0.2, 0) is 19.4 Å². The van der Waals surface area contributed by atoms with E-state index in [-0.39, 0.29) is 6.61 Å². The van der Waals surface area contributed by atoms with Crippen LogP contribution < -0.4 is 0 Å². The summed E-state index contributed by atoms with van der Waals surface area (Å²) in [6.45, 7) is 4.74. The summed E-state index contributed by atoms with van der Waals surface area (Å²) in [5.74, 6) is -0.981. The standard InChI is InChI=1S/C3H8O4S.C3H4O2/c1-2-3-7-8(4,5)6;1-2-3(4)5/h2-3H2,1H3,(H,4,5,6);2H,1H2,(H,4,5). The van der Waals surface area contributed by atoms with Crippen LogP contribution in [0.4, 0.5) is 0 Å². The van der Waals surface area contributed by atoms with E-state index in [1.54, 1.807) is 6.92 Å². The molecule has 7 heteroatoms. The van der Waals surface area contributed by atoms with E-state index in [1.807, 2.05) is 0 Å². The minimum Gasteiger partial charge on any atom is -0.478 e. The van der Waals surface area contributed by atoms with Crippen molar-refractivity contribution in [3.05, 3.63) is 12.7 Å². The van der Waals surface area contributed by atoms with Crippen LogP contribution in [0.25, 0.3) is 0 Å². The predicted molar refractivity (Wildman–Crippen MR) is 45.6 cm³/mol. The molecule has 0 aliphatic rings. The highest BCUT2D eigenvalue weighted by atomic mass is 32.3. The molecule has 0 aromatic rings. The van der Waals surface area contributed by atoms with Gasteiger partial charge in [-0.2, -0.15) is 8.42 Å². The summed E-state index contributed by atoms with van der Waals surface area (Å²) in [6.07, 6.45) is 1.40. The van der Waals surface area contributed by atoms with Crippen molar-refractivity contribution < 1.29 is 27.1 Å². The van der Waals surface area contributed by atoms with Crippen LogP contribution in [0.5, 0.6) is 0 Å². The molecule has 78 valence electrons. The number of aliphatic carboxylic acids is 1. The lowest BCUT2D eigenvalue weighted by atomic mass is 10.5. The Morgan fingerprint density at radius 3 is 2.08 bits per heavy atom. The first-order chi connectivity index (χ1) is 5.83. The first-order valence-electron chi connectivity index (χ1n) is 3.30. The predicted octanol–water partition coefficient (Wildman–Crippen LogP) is 0.473. The summed E-state index contributed by atoms with van der Waals surface area (Å²) >= 11 is 0. The van der Waals surface area contributed by atoms with Crippen molar-refractivity contribution in [3.63, 3.8) is 0 Å². The molecule has 0 aromatic heterocycles. The van der Waals surface area contributed by atoms with E-state index in [2.05, 4.69) is 10.8 Å². The summed E-state index contributed by atoms with van der Waals surface area (Å²) in [4.78, 5) is 9.25. The van der Waals surface area contributed by atoms with Crippen molar-refractivity contribution in [2.45, 2.75) is 13.3 Å². The Labute approximate surface area is 76.8 Å². The van der Waals surface area contributed by atoms with Crippen molar-refractivity contribution in [3.8, 4) is 0 Å². The molecule has 0 saturated carbocycles. The van der Waals surface area contributed by atoms with E-state index in [4.69, 9.17) is 9.66 Å². The Balaban J connectivity index is 0. The fourth-order valence-electron chi connectivity index (χ4n) is 0.189. The molecule has 0 aromatic carbocycles. The van der Waals surface area contributed by atoms with E-state index < -0.39 is 16.4 Å². The second kappa shape index (κ2) is 7.71. The number of carbonyl (C=O) groups is 1. The normalized spacial score (nSPS) is 9.69. The van der Waals surface area contributed by atoms with Crippen molar-refractivity contribution in [2.24, 2.45) is 0 Å². The van der Waals surface area contributed by atoms with Crippen LogP contribution in [0.2, 0.25) is 0 Å². The van der Waals surface area contributed by atoms with E-state index in [1.165, 1.54) is 0 Å². The van der Waals surface area contributed by atoms with Crippen LogP contribution in [0.15, 0.2) is 12.7 Å². The molecule has 0 spiro atoms. The van der Waals surface area contributed by atoms with Crippen molar-refractivity contribution in [1.29, 1.82) is 0 Å². The second-order valence-electron chi connectivity index (χ2n) is 1.79. The molecule has 0 heterocycles. The monoisotopic (exact) mass is 212 g/mol. The molecule has 0 saturated heterocycles. The number of hydrogen-bond donors (Lipinski definition) is 2. The van der Waals surface area contributed by atoms with Gasteiger partial charge in [-0.05, 0) is 6.42 Å². The maximum absolute atomic E-state index is 9.72. The van der Waals surface area contributed by atoms with Gasteiger partial charge in [-0.15, -0.1) is 0 Å². The fraction of sp³-hybridized carbons (Fsp3) is 0.500. The largest absolute Gasteiger partial charge is 0.478 e. The molecule has 0 fully saturated rings. The highest BCUT2D eigenvalue weighted by Crippen LogP contribution is 1.86. The third-order valence-electron chi connectivity index (χ3n) is 0.611. The molecule has 13 heavy (non-hydrogen) atoms. The number of rotatable bonds is 4. The first kappa shape index (κ1) is 14.6. The second-order valence-corrected chi connectivity index (χ2v) is 2.88. The van der Waals surface area contributed by atoms with Crippen LogP contribution >= 0.6 is 0 Å². The zero-order valence-electron chi connectivity index (χ0n) is 7.13. The van der Waals surface area contributed by atoms with Gasteiger partial charge in [0.1, 0.15) is 0 Å². The SMILES string of the molecule is C=CC(=O)O.CCCOS(=O)(=O)O. The van der Waals surface area contributed by atoms with Gasteiger partial charge in [0.25, 0.3) is 0 Å². The Morgan fingerprint density at radius 2 is 2.00 bits per heavy atom. The molecular formula is C6H12O6S. The lowest BCUT2D eigenvalue weighted by Gasteiger charge is -1.92. The highest BCUT2D eigenvalue weighted by molar-refractivity contribution is 7.80. The average Bonchev–Trinajstić information content (AvgIpc) is 2.00. The van der Waals surface area contributed by atoms with Gasteiger partial charge in [0, 0.05) is 6.08 Å². The lowest BCUT2D eigenvalue weighted by Crippen LogP contribution is -2.03. The van der Waals surface area contributed by atoms with E-state index in [9.17, 15) is 13.2 Å². The molecule has 0 unspecified atom stereocenters. The van der Waals surface area contributed by atoms with Gasteiger partial charge in [0.05, 0.1) is 6.61 Å². The molecule has 0 atom stereocenters. The topological polar surface area (TPSA) is 101 Å². The zero-order chi connectivity index (χ0) is 10.9. The van der Waals surface area contributed by atoms with Gasteiger partial charge < -0.3 is 5.11 Å². The maximum atomic E-state index is 9.72. The Bertz CT molecular complexity index is 242. The maximum Gasteiger partial charge on any atom is 0.397 e. The molecule has 0 aliphatic heterocycles. The molecule has 2 N–H and O–H groups in total. The highest BCUT2D eigenvalue weighted by Gasteiger charge is 1.99. The molecule has 0 amide bonds.